The molecule has 0 aliphatic rings. The van der Waals surface area contributed by atoms with E-state index >= 15 is 0 Å². The zero-order valence-electron chi connectivity index (χ0n) is 9.16. The van der Waals surface area contributed by atoms with Crippen LogP contribution in [-0.4, -0.2) is 32.2 Å². The van der Waals surface area contributed by atoms with Crippen LogP contribution in [0.15, 0.2) is 29.2 Å². The highest BCUT2D eigenvalue weighted by molar-refractivity contribution is 7.89. The molecule has 7 heteroatoms. The number of primary sulfonamides is 1. The van der Waals surface area contributed by atoms with Crippen molar-refractivity contribution in [1.29, 1.82) is 0 Å². The molecule has 94 valence electrons. The monoisotopic (exact) mass is 259 g/mol. The first kappa shape index (κ1) is 13.6. The molecule has 0 amide bonds. The Labute approximate surface area is 99.1 Å². The van der Waals surface area contributed by atoms with Crippen LogP contribution in [0.1, 0.15) is 17.3 Å². The Morgan fingerprint density at radius 3 is 2.59 bits per heavy atom. The lowest BCUT2D eigenvalue weighted by atomic mass is 10.2. The first-order valence-corrected chi connectivity index (χ1v) is 6.34. The van der Waals surface area contributed by atoms with Gasteiger partial charge in [-0.1, -0.05) is 12.1 Å². The number of benzene rings is 1. The molecule has 1 rings (SSSR count). The summed E-state index contributed by atoms with van der Waals surface area (Å²) >= 11 is 0. The predicted molar refractivity (Wildman–Crippen MR) is 59.8 cm³/mol. The number of hydrogen-bond donors (Lipinski definition) is 2. The van der Waals surface area contributed by atoms with Crippen molar-refractivity contribution in [2.75, 3.05) is 6.61 Å². The van der Waals surface area contributed by atoms with Gasteiger partial charge in [0.2, 0.25) is 10.0 Å². The molecule has 1 aromatic carbocycles. The van der Waals surface area contributed by atoms with Gasteiger partial charge in [0.25, 0.3) is 0 Å². The lowest BCUT2D eigenvalue weighted by molar-refractivity contribution is 0.0292. The molecule has 0 aromatic heterocycles. The van der Waals surface area contributed by atoms with Gasteiger partial charge in [-0.25, -0.2) is 18.4 Å². The fourth-order valence-electron chi connectivity index (χ4n) is 1.16. The first-order valence-electron chi connectivity index (χ1n) is 4.79. The van der Waals surface area contributed by atoms with Crippen molar-refractivity contribution < 1.29 is 23.1 Å². The lowest BCUT2D eigenvalue weighted by Gasteiger charge is -2.09. The topological polar surface area (TPSA) is 107 Å². The van der Waals surface area contributed by atoms with Crippen molar-refractivity contribution >= 4 is 16.0 Å². The van der Waals surface area contributed by atoms with Crippen molar-refractivity contribution in [2.24, 2.45) is 5.14 Å². The second-order valence-electron chi connectivity index (χ2n) is 3.49. The third kappa shape index (κ3) is 3.81. The summed E-state index contributed by atoms with van der Waals surface area (Å²) in [6.45, 7) is 1.23. The van der Waals surface area contributed by atoms with Crippen LogP contribution < -0.4 is 5.14 Å². The van der Waals surface area contributed by atoms with Crippen LogP contribution in [0.5, 0.6) is 0 Å². The smallest absolute Gasteiger partial charge is 0.339 e. The molecule has 17 heavy (non-hydrogen) atoms. The normalized spacial score (nSPS) is 13.1. The van der Waals surface area contributed by atoms with Gasteiger partial charge in [0.15, 0.2) is 0 Å². The minimum atomic E-state index is -3.98. The molecular formula is C10H13NO5S. The highest BCUT2D eigenvalue weighted by Crippen LogP contribution is 2.14. The highest BCUT2D eigenvalue weighted by atomic mass is 32.2. The Bertz CT molecular complexity index is 509. The number of nitrogens with two attached hydrogens (primary N) is 1. The molecule has 0 fully saturated rings. The third-order valence-electron chi connectivity index (χ3n) is 1.87. The number of hydrogen-bond acceptors (Lipinski definition) is 5. The van der Waals surface area contributed by atoms with Crippen LogP contribution in [0.4, 0.5) is 0 Å². The molecule has 0 heterocycles. The summed E-state index contributed by atoms with van der Waals surface area (Å²) in [7, 11) is -3.98. The summed E-state index contributed by atoms with van der Waals surface area (Å²) in [6, 6.07) is 5.46. The molecule has 1 aromatic rings. The number of carbonyl (C=O) groups excluding carboxylic acids is 1. The fraction of sp³-hybridized carbons (Fsp3) is 0.300. The van der Waals surface area contributed by atoms with Crippen molar-refractivity contribution in [3.05, 3.63) is 29.8 Å². The van der Waals surface area contributed by atoms with E-state index in [1.54, 1.807) is 0 Å². The summed E-state index contributed by atoms with van der Waals surface area (Å²) in [4.78, 5) is 11.3. The maximum Gasteiger partial charge on any atom is 0.339 e. The lowest BCUT2D eigenvalue weighted by Crippen LogP contribution is -2.20. The standard InChI is InChI=1S/C10H13NO5S/c1-7(12)6-16-10(13)8-4-2-3-5-9(8)17(11,14)15/h2-5,7,12H,6H2,1H3,(H2,11,14,15). The molecule has 0 spiro atoms. The first-order chi connectivity index (χ1) is 7.82. The summed E-state index contributed by atoms with van der Waals surface area (Å²) in [6.07, 6.45) is -0.819. The van der Waals surface area contributed by atoms with Gasteiger partial charge in [0.1, 0.15) is 6.61 Å². The number of ether oxygens (including phenoxy) is 1. The molecule has 0 radical (unpaired) electrons. The van der Waals surface area contributed by atoms with E-state index in [0.29, 0.717) is 0 Å². The number of esters is 1. The van der Waals surface area contributed by atoms with Gasteiger partial charge in [-0.05, 0) is 19.1 Å². The van der Waals surface area contributed by atoms with Gasteiger partial charge in [-0.2, -0.15) is 0 Å². The molecule has 0 aliphatic carbocycles. The van der Waals surface area contributed by atoms with Gasteiger partial charge in [0, 0.05) is 0 Å². The maximum atomic E-state index is 11.6. The zero-order chi connectivity index (χ0) is 13.1. The van der Waals surface area contributed by atoms with Crippen LogP contribution >= 0.6 is 0 Å². The van der Waals surface area contributed by atoms with Gasteiger partial charge < -0.3 is 9.84 Å². The molecule has 6 nitrogen and oxygen atoms in total. The van der Waals surface area contributed by atoms with Crippen molar-refractivity contribution in [3.8, 4) is 0 Å². The molecule has 0 saturated heterocycles. The Kier molecular flexibility index (Phi) is 4.22. The van der Waals surface area contributed by atoms with E-state index in [0.717, 1.165) is 0 Å². The van der Waals surface area contributed by atoms with Gasteiger partial charge in [-0.3, -0.25) is 0 Å². The third-order valence-corrected chi connectivity index (χ3v) is 2.84. The van der Waals surface area contributed by atoms with Crippen LogP contribution in [-0.2, 0) is 14.8 Å². The number of aliphatic hydroxyl groups is 1. The molecule has 0 bridgehead atoms. The highest BCUT2D eigenvalue weighted by Gasteiger charge is 2.19. The van der Waals surface area contributed by atoms with E-state index in [1.807, 2.05) is 0 Å². The zero-order valence-corrected chi connectivity index (χ0v) is 9.98. The Hall–Kier alpha value is -1.44. The number of aliphatic hydroxyl groups excluding tert-OH is 1. The van der Waals surface area contributed by atoms with E-state index in [9.17, 15) is 13.2 Å². The number of carbonyl (C=O) groups is 1. The van der Waals surface area contributed by atoms with Crippen molar-refractivity contribution in [3.63, 3.8) is 0 Å². The van der Waals surface area contributed by atoms with Crippen LogP contribution in [0, 0.1) is 0 Å². The van der Waals surface area contributed by atoms with Crippen LogP contribution in [0.2, 0.25) is 0 Å². The number of sulfonamides is 1. The van der Waals surface area contributed by atoms with E-state index in [-0.39, 0.29) is 17.1 Å². The van der Waals surface area contributed by atoms with E-state index in [1.165, 1.54) is 31.2 Å². The van der Waals surface area contributed by atoms with Gasteiger partial charge >= 0.3 is 5.97 Å². The quantitative estimate of drug-likeness (QED) is 0.732. The minimum Gasteiger partial charge on any atom is -0.459 e. The molecule has 1 atom stereocenters. The van der Waals surface area contributed by atoms with Gasteiger partial charge in [-0.15, -0.1) is 0 Å². The van der Waals surface area contributed by atoms with Crippen molar-refractivity contribution in [2.45, 2.75) is 17.9 Å². The Morgan fingerprint density at radius 1 is 1.47 bits per heavy atom. The Balaban J connectivity index is 3.02. The average Bonchev–Trinajstić information content (AvgIpc) is 2.24. The molecular weight excluding hydrogens is 246 g/mol. The number of rotatable bonds is 4. The van der Waals surface area contributed by atoms with Crippen molar-refractivity contribution in [1.82, 2.24) is 0 Å². The van der Waals surface area contributed by atoms with E-state index in [4.69, 9.17) is 15.0 Å². The summed E-state index contributed by atoms with van der Waals surface area (Å²) in [5.41, 5.74) is -0.143. The summed E-state index contributed by atoms with van der Waals surface area (Å²) in [5.74, 6) is -0.837. The summed E-state index contributed by atoms with van der Waals surface area (Å²) in [5, 5.41) is 13.9. The average molecular weight is 259 g/mol. The maximum absolute atomic E-state index is 11.6. The molecule has 0 saturated carbocycles. The predicted octanol–water partition coefficient (Wildman–Crippen LogP) is -0.128. The second kappa shape index (κ2) is 5.26. The molecule has 3 N–H and O–H groups in total. The van der Waals surface area contributed by atoms with Gasteiger partial charge in [0.05, 0.1) is 16.6 Å². The largest absolute Gasteiger partial charge is 0.459 e. The van der Waals surface area contributed by atoms with E-state index in [2.05, 4.69) is 0 Å². The van der Waals surface area contributed by atoms with E-state index < -0.39 is 22.1 Å². The van der Waals surface area contributed by atoms with Crippen LogP contribution in [0.25, 0.3) is 0 Å². The SMILES string of the molecule is CC(O)COC(=O)c1ccccc1S(N)(=O)=O. The Morgan fingerprint density at radius 2 is 2.06 bits per heavy atom. The molecule has 1 unspecified atom stereocenters. The van der Waals surface area contributed by atoms with Crippen LogP contribution in [0.3, 0.4) is 0 Å². The minimum absolute atomic E-state index is 0.143. The molecule has 0 aliphatic heterocycles. The summed E-state index contributed by atoms with van der Waals surface area (Å²) < 4.78 is 27.2. The fourth-order valence-corrected chi connectivity index (χ4v) is 1.88. The second-order valence-corrected chi connectivity index (χ2v) is 5.02.